The van der Waals surface area contributed by atoms with Crippen molar-refractivity contribution < 1.29 is 40.2 Å². The molecule has 0 fully saturated rings. The fourth-order valence-electron chi connectivity index (χ4n) is 2.60. The lowest BCUT2D eigenvalue weighted by atomic mass is 10.1. The number of nitrogens with zero attached hydrogens (tertiary/aromatic N) is 2. The number of hydrogen-bond donors (Lipinski definition) is 1. The van der Waals surface area contributed by atoms with E-state index in [-0.39, 0.29) is 38.9 Å². The van der Waals surface area contributed by atoms with E-state index in [0.29, 0.717) is 11.9 Å². The van der Waals surface area contributed by atoms with Crippen LogP contribution in [0.1, 0.15) is 5.56 Å². The molecular weight excluding hydrogens is 559 g/mol. The molecule has 0 radical (unpaired) electrons. The molecule has 3 aromatic rings. The highest BCUT2D eigenvalue weighted by Crippen LogP contribution is 2.36. The third kappa shape index (κ3) is 6.88. The summed E-state index contributed by atoms with van der Waals surface area (Å²) >= 11 is 3.31. The van der Waals surface area contributed by atoms with Gasteiger partial charge in [-0.15, -0.1) is 0 Å². The van der Waals surface area contributed by atoms with E-state index < -0.39 is 29.5 Å². The number of pyridine rings is 2. The van der Waals surface area contributed by atoms with E-state index in [1.54, 1.807) is 0 Å². The Morgan fingerprint density at radius 1 is 1.06 bits per heavy atom. The number of rotatable bonds is 7. The predicted molar refractivity (Wildman–Crippen MR) is 115 cm³/mol. The smallest absolute Gasteiger partial charge is 0.416 e. The van der Waals surface area contributed by atoms with Gasteiger partial charge in [0.1, 0.15) is 28.7 Å². The number of hydrogen-bond acceptors (Lipinski definition) is 6. The van der Waals surface area contributed by atoms with Crippen LogP contribution >= 0.6 is 27.9 Å². The molecule has 182 valence electrons. The average Bonchev–Trinajstić information content (AvgIpc) is 2.73. The van der Waals surface area contributed by atoms with Crippen LogP contribution in [0.5, 0.6) is 17.5 Å². The first-order chi connectivity index (χ1) is 15.9. The van der Waals surface area contributed by atoms with Crippen LogP contribution in [0.3, 0.4) is 0 Å². The number of nitrogens with one attached hydrogen (secondary N) is 1. The van der Waals surface area contributed by atoms with Crippen LogP contribution in [0.2, 0.25) is 0 Å². The molecule has 0 saturated carbocycles. The van der Waals surface area contributed by atoms with Gasteiger partial charge in [0.05, 0.1) is 12.7 Å². The summed E-state index contributed by atoms with van der Waals surface area (Å²) in [6, 6.07) is 6.26. The number of ether oxygens (including phenoxy) is 2. The van der Waals surface area contributed by atoms with Gasteiger partial charge in [-0.1, -0.05) is 15.9 Å². The van der Waals surface area contributed by atoms with Crippen LogP contribution in [0, 0.1) is 5.82 Å². The molecule has 0 saturated heterocycles. The largest absolute Gasteiger partial charge is 0.480 e. The molecule has 1 aromatic carbocycles. The quantitative estimate of drug-likeness (QED) is 0.234. The molecule has 0 aliphatic carbocycles. The molecule has 5 nitrogen and oxygen atoms in total. The summed E-state index contributed by atoms with van der Waals surface area (Å²) in [7, 11) is 1.25. The predicted octanol–water partition coefficient (Wildman–Crippen LogP) is 7.49. The van der Waals surface area contributed by atoms with Crippen LogP contribution in [-0.4, -0.2) is 29.0 Å². The molecule has 0 unspecified atom stereocenters. The molecule has 0 spiro atoms. The number of methoxy groups -OCH3 is 1. The molecule has 2 aromatic heterocycles. The zero-order valence-corrected chi connectivity index (χ0v) is 19.3. The second-order valence-corrected chi connectivity index (χ2v) is 8.24. The van der Waals surface area contributed by atoms with E-state index in [0.717, 1.165) is 24.3 Å². The molecule has 0 amide bonds. The maximum Gasteiger partial charge on any atom is 0.416 e. The van der Waals surface area contributed by atoms with Gasteiger partial charge in [-0.05, 0) is 42.3 Å². The summed E-state index contributed by atoms with van der Waals surface area (Å²) in [6.45, 7) is 0. The molecule has 3 rings (SSSR count). The first-order valence-corrected chi connectivity index (χ1v) is 10.8. The van der Waals surface area contributed by atoms with Gasteiger partial charge in [-0.25, -0.2) is 14.4 Å². The topological polar surface area (TPSA) is 56.3 Å². The number of halogens is 8. The van der Waals surface area contributed by atoms with Crippen LogP contribution in [0.4, 0.5) is 36.4 Å². The number of benzene rings is 1. The minimum absolute atomic E-state index is 0.0311. The van der Waals surface area contributed by atoms with Crippen LogP contribution in [0.15, 0.2) is 47.1 Å². The third-order valence-corrected chi connectivity index (χ3v) is 5.27. The minimum Gasteiger partial charge on any atom is -0.480 e. The van der Waals surface area contributed by atoms with Gasteiger partial charge in [0.25, 0.3) is 0 Å². The highest BCUT2D eigenvalue weighted by Gasteiger charge is 2.31. The molecule has 1 N–H and O–H groups in total. The molecule has 0 aliphatic heterocycles. The Hall–Kier alpha value is -2.74. The minimum atomic E-state index is -4.62. The standard InChI is InChI=1S/C20H13BrF7N3O2S/c1-32-18-15(31-34-9-19(23,24)25)4-10(8-29-18)17-14(22)2-3-16(30-17)33-13-6-11(20(26,27)28)5-12(21)7-13/h2-8,31H,9H2,1H3. The monoisotopic (exact) mass is 571 g/mol. The van der Waals surface area contributed by atoms with Crippen molar-refractivity contribution in [3.8, 4) is 28.8 Å². The molecule has 0 atom stereocenters. The normalized spacial score (nSPS) is 11.9. The summed E-state index contributed by atoms with van der Waals surface area (Å²) in [6.07, 6.45) is -7.87. The summed E-state index contributed by atoms with van der Waals surface area (Å²) in [5.74, 6) is -2.49. The molecule has 14 heteroatoms. The SMILES string of the molecule is COc1ncc(-c2nc(Oc3cc(Br)cc(C(F)(F)F)c3)ccc2F)cc1NSCC(F)(F)F. The van der Waals surface area contributed by atoms with Gasteiger partial charge in [-0.3, -0.25) is 0 Å². The summed E-state index contributed by atoms with van der Waals surface area (Å²) in [4.78, 5) is 7.92. The number of anilines is 1. The maximum atomic E-state index is 14.5. The van der Waals surface area contributed by atoms with E-state index in [1.807, 2.05) is 0 Å². The second kappa shape index (κ2) is 10.3. The summed E-state index contributed by atoms with van der Waals surface area (Å²) in [5.41, 5.74) is -1.17. The van der Waals surface area contributed by atoms with Crippen LogP contribution in [-0.2, 0) is 6.18 Å². The van der Waals surface area contributed by atoms with Crippen molar-refractivity contribution in [1.82, 2.24) is 9.97 Å². The van der Waals surface area contributed by atoms with E-state index in [9.17, 15) is 30.7 Å². The van der Waals surface area contributed by atoms with Crippen LogP contribution in [0.25, 0.3) is 11.3 Å². The first-order valence-electron chi connectivity index (χ1n) is 9.07. The Bertz CT molecular complexity index is 1180. The van der Waals surface area contributed by atoms with Crippen molar-refractivity contribution in [1.29, 1.82) is 0 Å². The molecule has 2 heterocycles. The Morgan fingerprint density at radius 3 is 2.44 bits per heavy atom. The fraction of sp³-hybridized carbons (Fsp3) is 0.200. The van der Waals surface area contributed by atoms with Crippen molar-refractivity contribution >= 4 is 33.6 Å². The molecule has 0 aliphatic rings. The third-order valence-electron chi connectivity index (χ3n) is 3.98. The summed E-state index contributed by atoms with van der Waals surface area (Å²) in [5, 5.41) is 0. The van der Waals surface area contributed by atoms with Gasteiger partial charge in [-0.2, -0.15) is 26.3 Å². The zero-order valence-electron chi connectivity index (χ0n) is 16.9. The van der Waals surface area contributed by atoms with Gasteiger partial charge in [0.2, 0.25) is 11.8 Å². The van der Waals surface area contributed by atoms with Crippen molar-refractivity contribution in [3.63, 3.8) is 0 Å². The number of aromatic nitrogens is 2. The van der Waals surface area contributed by atoms with Gasteiger partial charge >= 0.3 is 12.4 Å². The lowest BCUT2D eigenvalue weighted by Crippen LogP contribution is -2.12. The van der Waals surface area contributed by atoms with E-state index in [2.05, 4.69) is 30.6 Å². The highest BCUT2D eigenvalue weighted by atomic mass is 79.9. The summed E-state index contributed by atoms with van der Waals surface area (Å²) < 4.78 is 104. The van der Waals surface area contributed by atoms with Gasteiger partial charge in [0.15, 0.2) is 0 Å². The molecule has 0 bridgehead atoms. The maximum absolute atomic E-state index is 14.5. The first kappa shape index (κ1) is 25.9. The molecular formula is C20H13BrF7N3O2S. The van der Waals surface area contributed by atoms with Crippen molar-refractivity contribution in [3.05, 3.63) is 58.4 Å². The lowest BCUT2D eigenvalue weighted by molar-refractivity contribution is -0.137. The van der Waals surface area contributed by atoms with Gasteiger partial charge in [0, 0.05) is 22.3 Å². The van der Waals surface area contributed by atoms with Crippen molar-refractivity contribution in [2.75, 3.05) is 17.6 Å². The Labute approximate surface area is 201 Å². The fourth-order valence-corrected chi connectivity index (χ4v) is 3.61. The van der Waals surface area contributed by atoms with E-state index >= 15 is 0 Å². The van der Waals surface area contributed by atoms with Crippen molar-refractivity contribution in [2.24, 2.45) is 0 Å². The van der Waals surface area contributed by atoms with E-state index in [1.165, 1.54) is 25.4 Å². The highest BCUT2D eigenvalue weighted by molar-refractivity contribution is 9.10. The zero-order chi connectivity index (χ0) is 25.1. The lowest BCUT2D eigenvalue weighted by Gasteiger charge is -2.13. The Kier molecular flexibility index (Phi) is 7.81. The van der Waals surface area contributed by atoms with Crippen LogP contribution < -0.4 is 14.2 Å². The average molecular weight is 572 g/mol. The number of alkyl halides is 6. The Morgan fingerprint density at radius 2 is 1.79 bits per heavy atom. The Balaban J connectivity index is 1.91. The van der Waals surface area contributed by atoms with Crippen molar-refractivity contribution in [2.45, 2.75) is 12.4 Å². The van der Waals surface area contributed by atoms with Gasteiger partial charge < -0.3 is 14.2 Å². The second-order valence-electron chi connectivity index (χ2n) is 6.54. The van der Waals surface area contributed by atoms with E-state index in [4.69, 9.17) is 9.47 Å². The molecule has 34 heavy (non-hydrogen) atoms.